The molecule has 1 aromatic carbocycles. The lowest BCUT2D eigenvalue weighted by atomic mass is 10.1. The Balaban J connectivity index is 2.64. The van der Waals surface area contributed by atoms with Gasteiger partial charge in [0.15, 0.2) is 0 Å². The van der Waals surface area contributed by atoms with Crippen molar-refractivity contribution in [1.82, 2.24) is 15.0 Å². The van der Waals surface area contributed by atoms with E-state index in [1.54, 1.807) is 10.7 Å². The first-order chi connectivity index (χ1) is 7.39. The van der Waals surface area contributed by atoms with Gasteiger partial charge >= 0.3 is 0 Å². The van der Waals surface area contributed by atoms with Gasteiger partial charge in [-0.2, -0.15) is 0 Å². The second-order valence-electron chi connectivity index (χ2n) is 4.60. The van der Waals surface area contributed by atoms with Gasteiger partial charge in [-0.1, -0.05) is 5.21 Å². The van der Waals surface area contributed by atoms with Crippen LogP contribution in [-0.2, 0) is 5.54 Å². The molecule has 6 nitrogen and oxygen atoms in total. The molecule has 1 heterocycles. The van der Waals surface area contributed by atoms with Crippen LogP contribution in [0.15, 0.2) is 18.2 Å². The summed E-state index contributed by atoms with van der Waals surface area (Å²) in [6.45, 7) is 6.01. The van der Waals surface area contributed by atoms with Crippen LogP contribution >= 0.6 is 0 Å². The summed E-state index contributed by atoms with van der Waals surface area (Å²) in [5.74, 6) is 0. The van der Waals surface area contributed by atoms with Crippen molar-refractivity contribution in [3.8, 4) is 0 Å². The second kappa shape index (κ2) is 3.26. The Kier molecular flexibility index (Phi) is 2.15. The zero-order valence-corrected chi connectivity index (χ0v) is 9.34. The number of nitro benzene ring substituents is 1. The predicted octanol–water partition coefficient (Wildman–Crippen LogP) is 2.09. The highest BCUT2D eigenvalue weighted by atomic mass is 16.6. The quantitative estimate of drug-likeness (QED) is 0.544. The van der Waals surface area contributed by atoms with Crippen LogP contribution < -0.4 is 0 Å². The number of hydrogen-bond acceptors (Lipinski definition) is 4. The molecule has 0 aliphatic rings. The van der Waals surface area contributed by atoms with Crippen LogP contribution in [0.3, 0.4) is 0 Å². The molecule has 0 spiro atoms. The highest BCUT2D eigenvalue weighted by Crippen LogP contribution is 2.23. The first kappa shape index (κ1) is 10.5. The number of fused-ring (bicyclic) bond motifs is 1. The van der Waals surface area contributed by atoms with Gasteiger partial charge in [-0.05, 0) is 26.8 Å². The zero-order valence-electron chi connectivity index (χ0n) is 9.34. The van der Waals surface area contributed by atoms with E-state index in [1.807, 2.05) is 20.8 Å². The van der Waals surface area contributed by atoms with Crippen molar-refractivity contribution in [3.05, 3.63) is 28.3 Å². The van der Waals surface area contributed by atoms with Gasteiger partial charge in [0.1, 0.15) is 5.52 Å². The van der Waals surface area contributed by atoms with Crippen molar-refractivity contribution < 1.29 is 4.92 Å². The third-order valence-electron chi connectivity index (χ3n) is 2.28. The van der Waals surface area contributed by atoms with Gasteiger partial charge in [-0.3, -0.25) is 10.1 Å². The maximum absolute atomic E-state index is 10.6. The van der Waals surface area contributed by atoms with Crippen molar-refractivity contribution in [2.45, 2.75) is 26.3 Å². The van der Waals surface area contributed by atoms with Crippen LogP contribution in [0.25, 0.3) is 11.0 Å². The fourth-order valence-electron chi connectivity index (χ4n) is 1.52. The smallest absolute Gasteiger partial charge is 0.258 e. The highest BCUT2D eigenvalue weighted by molar-refractivity contribution is 5.77. The summed E-state index contributed by atoms with van der Waals surface area (Å²) in [5.41, 5.74) is 1.20. The maximum Gasteiger partial charge on any atom is 0.271 e. The van der Waals surface area contributed by atoms with Gasteiger partial charge in [0.05, 0.1) is 16.0 Å². The lowest BCUT2D eigenvalue weighted by molar-refractivity contribution is -0.384. The Hall–Kier alpha value is -1.98. The summed E-state index contributed by atoms with van der Waals surface area (Å²) >= 11 is 0. The average Bonchev–Trinajstić information content (AvgIpc) is 2.58. The van der Waals surface area contributed by atoms with E-state index in [4.69, 9.17) is 0 Å². The van der Waals surface area contributed by atoms with Gasteiger partial charge in [-0.15, -0.1) is 5.10 Å². The number of aromatic nitrogens is 3. The number of benzene rings is 1. The van der Waals surface area contributed by atoms with Crippen LogP contribution in [0.2, 0.25) is 0 Å². The minimum Gasteiger partial charge on any atom is -0.258 e. The Morgan fingerprint density at radius 3 is 2.62 bits per heavy atom. The number of non-ortho nitro benzene ring substituents is 1. The van der Waals surface area contributed by atoms with Gasteiger partial charge < -0.3 is 0 Å². The van der Waals surface area contributed by atoms with Crippen molar-refractivity contribution >= 4 is 16.7 Å². The largest absolute Gasteiger partial charge is 0.271 e. The van der Waals surface area contributed by atoms with Gasteiger partial charge in [-0.25, -0.2) is 4.68 Å². The number of rotatable bonds is 1. The number of nitro groups is 1. The van der Waals surface area contributed by atoms with Crippen molar-refractivity contribution in [2.75, 3.05) is 0 Å². The first-order valence-electron chi connectivity index (χ1n) is 4.90. The monoisotopic (exact) mass is 220 g/mol. The molecule has 84 valence electrons. The van der Waals surface area contributed by atoms with Crippen LogP contribution in [0.5, 0.6) is 0 Å². The zero-order chi connectivity index (χ0) is 11.9. The minimum atomic E-state index is -0.435. The third-order valence-corrected chi connectivity index (χ3v) is 2.28. The lowest BCUT2D eigenvalue weighted by Crippen LogP contribution is -2.22. The normalized spacial score (nSPS) is 11.9. The molecule has 0 radical (unpaired) electrons. The topological polar surface area (TPSA) is 73.8 Å². The van der Waals surface area contributed by atoms with E-state index < -0.39 is 4.92 Å². The molecule has 2 aromatic rings. The van der Waals surface area contributed by atoms with Gasteiger partial charge in [0, 0.05) is 12.1 Å². The lowest BCUT2D eigenvalue weighted by Gasteiger charge is -2.18. The van der Waals surface area contributed by atoms with E-state index in [0.29, 0.717) is 5.52 Å². The molecule has 0 bridgehead atoms. The molecule has 0 saturated carbocycles. The Labute approximate surface area is 92.0 Å². The third kappa shape index (κ3) is 1.62. The predicted molar refractivity (Wildman–Crippen MR) is 59.2 cm³/mol. The summed E-state index contributed by atoms with van der Waals surface area (Å²) in [6, 6.07) is 4.58. The molecule has 6 heteroatoms. The Morgan fingerprint density at radius 1 is 1.38 bits per heavy atom. The molecule has 0 N–H and O–H groups in total. The van der Waals surface area contributed by atoms with Gasteiger partial charge in [0.25, 0.3) is 5.69 Å². The average molecular weight is 220 g/mol. The molecule has 0 atom stereocenters. The Morgan fingerprint density at radius 2 is 2.06 bits per heavy atom. The molecule has 2 rings (SSSR count). The van der Waals surface area contributed by atoms with E-state index in [-0.39, 0.29) is 11.2 Å². The molecular weight excluding hydrogens is 208 g/mol. The highest BCUT2D eigenvalue weighted by Gasteiger charge is 2.19. The molecule has 1 aromatic heterocycles. The second-order valence-corrected chi connectivity index (χ2v) is 4.60. The van der Waals surface area contributed by atoms with Crippen LogP contribution in [0.1, 0.15) is 20.8 Å². The molecule has 0 aliphatic carbocycles. The summed E-state index contributed by atoms with van der Waals surface area (Å²) in [6.07, 6.45) is 0. The van der Waals surface area contributed by atoms with Crippen LogP contribution in [-0.4, -0.2) is 19.9 Å². The first-order valence-corrected chi connectivity index (χ1v) is 4.90. The molecule has 0 unspecified atom stereocenters. The van der Waals surface area contributed by atoms with E-state index in [9.17, 15) is 10.1 Å². The molecule has 0 amide bonds. The van der Waals surface area contributed by atoms with Crippen molar-refractivity contribution in [1.29, 1.82) is 0 Å². The van der Waals surface area contributed by atoms with Gasteiger partial charge in [0.2, 0.25) is 0 Å². The number of hydrogen-bond donors (Lipinski definition) is 0. The van der Waals surface area contributed by atoms with E-state index >= 15 is 0 Å². The fourth-order valence-corrected chi connectivity index (χ4v) is 1.52. The summed E-state index contributed by atoms with van der Waals surface area (Å²) in [5, 5.41) is 18.5. The summed E-state index contributed by atoms with van der Waals surface area (Å²) < 4.78 is 1.76. The molecule has 0 aliphatic heterocycles. The minimum absolute atomic E-state index is 0.0356. The van der Waals surface area contributed by atoms with Crippen molar-refractivity contribution in [2.24, 2.45) is 0 Å². The fraction of sp³-hybridized carbons (Fsp3) is 0.400. The molecule has 0 saturated heterocycles. The van der Waals surface area contributed by atoms with E-state index in [2.05, 4.69) is 10.3 Å². The van der Waals surface area contributed by atoms with Crippen LogP contribution in [0.4, 0.5) is 5.69 Å². The Bertz CT molecular complexity index is 553. The number of nitrogens with zero attached hydrogens (tertiary/aromatic N) is 4. The van der Waals surface area contributed by atoms with Crippen molar-refractivity contribution in [3.63, 3.8) is 0 Å². The summed E-state index contributed by atoms with van der Waals surface area (Å²) in [7, 11) is 0. The van der Waals surface area contributed by atoms with E-state index in [0.717, 1.165) is 5.52 Å². The molecular formula is C10H12N4O2. The standard InChI is InChI=1S/C10H12N4O2/c1-10(2,3)13-9-5-4-7(14(15)16)6-8(9)11-12-13/h4-6H,1-3H3. The SMILES string of the molecule is CC(C)(C)n1nnc2cc([N+](=O)[O-])ccc21. The summed E-state index contributed by atoms with van der Waals surface area (Å²) in [4.78, 5) is 10.2. The molecule has 16 heavy (non-hydrogen) atoms. The van der Waals surface area contributed by atoms with Crippen LogP contribution in [0, 0.1) is 10.1 Å². The molecule has 0 fully saturated rings. The van der Waals surface area contributed by atoms with E-state index in [1.165, 1.54) is 12.1 Å². The maximum atomic E-state index is 10.6.